The number of anilines is 2. The number of aromatic nitrogens is 2. The van der Waals surface area contributed by atoms with Crippen LogP contribution < -0.4 is 10.6 Å². The molecule has 0 saturated carbocycles. The van der Waals surface area contributed by atoms with Crippen LogP contribution in [-0.2, 0) is 7.05 Å². The van der Waals surface area contributed by atoms with Crippen LogP contribution >= 0.6 is 0 Å². The second kappa shape index (κ2) is 9.27. The third-order valence-corrected chi connectivity index (χ3v) is 3.99. The molecular formula is C20H24F2N4O2. The van der Waals surface area contributed by atoms with Gasteiger partial charge in [-0.15, -0.1) is 0 Å². The Labute approximate surface area is 162 Å². The molecule has 1 aromatic heterocycles. The van der Waals surface area contributed by atoms with E-state index in [-0.39, 0.29) is 35.6 Å². The van der Waals surface area contributed by atoms with Crippen molar-refractivity contribution in [2.24, 2.45) is 7.05 Å². The zero-order chi connectivity index (χ0) is 20.8. The van der Waals surface area contributed by atoms with Crippen LogP contribution in [0.1, 0.15) is 29.8 Å². The number of aliphatic hydroxyl groups is 1. The third-order valence-electron chi connectivity index (χ3n) is 3.99. The summed E-state index contributed by atoms with van der Waals surface area (Å²) in [5.41, 5.74) is 1.07. The summed E-state index contributed by atoms with van der Waals surface area (Å²) in [6.07, 6.45) is 1.43. The minimum Gasteiger partial charge on any atom is -0.395 e. The van der Waals surface area contributed by atoms with E-state index in [2.05, 4.69) is 15.6 Å². The summed E-state index contributed by atoms with van der Waals surface area (Å²) in [7, 11) is 1.68. The number of carbonyl (C=O) groups is 1. The Kier molecular flexibility index (Phi) is 7.06. The summed E-state index contributed by atoms with van der Waals surface area (Å²) >= 11 is 0. The minimum atomic E-state index is -0.753. The highest BCUT2D eigenvalue weighted by Crippen LogP contribution is 2.31. The largest absolute Gasteiger partial charge is 0.395 e. The quantitative estimate of drug-likeness (QED) is 0.621. The van der Waals surface area contributed by atoms with E-state index in [1.54, 1.807) is 24.6 Å². The van der Waals surface area contributed by atoms with Gasteiger partial charge in [0.15, 0.2) is 5.82 Å². The predicted molar refractivity (Wildman–Crippen MR) is 106 cm³/mol. The topological polar surface area (TPSA) is 79.2 Å². The Hall–Kier alpha value is -3.00. The number of halogens is 2. The van der Waals surface area contributed by atoms with Crippen molar-refractivity contribution in [3.8, 4) is 0 Å². The second-order valence-corrected chi connectivity index (χ2v) is 5.92. The molecule has 3 aromatic rings. The van der Waals surface area contributed by atoms with Crippen LogP contribution in [0.4, 0.5) is 20.2 Å². The van der Waals surface area contributed by atoms with E-state index in [1.165, 1.54) is 24.5 Å². The van der Waals surface area contributed by atoms with Crippen molar-refractivity contribution in [1.82, 2.24) is 14.9 Å². The predicted octanol–water partition coefficient (Wildman–Crippen LogP) is 3.65. The number of benzene rings is 2. The molecule has 0 saturated heterocycles. The molecule has 0 aliphatic rings. The molecule has 150 valence electrons. The Balaban J connectivity index is 0.00000136. The summed E-state index contributed by atoms with van der Waals surface area (Å²) < 4.78 is 30.8. The Morgan fingerprint density at radius 3 is 2.61 bits per heavy atom. The molecule has 0 bridgehead atoms. The van der Waals surface area contributed by atoms with Gasteiger partial charge < -0.3 is 20.3 Å². The summed E-state index contributed by atoms with van der Waals surface area (Å²) in [4.78, 5) is 16.4. The summed E-state index contributed by atoms with van der Waals surface area (Å²) in [5, 5.41) is 14.1. The van der Waals surface area contributed by atoms with Gasteiger partial charge in [-0.1, -0.05) is 19.9 Å². The lowest BCUT2D eigenvalue weighted by Crippen LogP contribution is -2.27. The lowest BCUT2D eigenvalue weighted by Gasteiger charge is -2.15. The number of carbonyl (C=O) groups excluding carboxylic acids is 1. The van der Waals surface area contributed by atoms with E-state index in [0.717, 1.165) is 5.56 Å². The van der Waals surface area contributed by atoms with Gasteiger partial charge in [0.2, 0.25) is 0 Å². The summed E-state index contributed by atoms with van der Waals surface area (Å²) in [5.74, 6) is -1.90. The van der Waals surface area contributed by atoms with Gasteiger partial charge in [0.25, 0.3) is 5.91 Å². The van der Waals surface area contributed by atoms with Crippen LogP contribution in [0.2, 0.25) is 0 Å². The van der Waals surface area contributed by atoms with Crippen LogP contribution in [0, 0.1) is 18.6 Å². The van der Waals surface area contributed by atoms with Gasteiger partial charge in [-0.05, 0) is 30.7 Å². The highest BCUT2D eigenvalue weighted by atomic mass is 19.1. The fraction of sp³-hybridized carbons (Fsp3) is 0.300. The highest BCUT2D eigenvalue weighted by molar-refractivity contribution is 6.04. The molecule has 0 radical (unpaired) electrons. The number of hydrogen-bond acceptors (Lipinski definition) is 4. The summed E-state index contributed by atoms with van der Waals surface area (Å²) in [6, 6.07) is 5.94. The van der Waals surface area contributed by atoms with Gasteiger partial charge >= 0.3 is 0 Å². The molecule has 1 amide bonds. The molecule has 0 aliphatic heterocycles. The van der Waals surface area contributed by atoms with Gasteiger partial charge in [-0.2, -0.15) is 0 Å². The second-order valence-electron chi connectivity index (χ2n) is 5.92. The Morgan fingerprint density at radius 2 is 1.96 bits per heavy atom. The maximum atomic E-state index is 15.0. The lowest BCUT2D eigenvalue weighted by molar-refractivity contribution is 0.0945. The maximum absolute atomic E-state index is 15.0. The van der Waals surface area contributed by atoms with Gasteiger partial charge in [0, 0.05) is 13.6 Å². The van der Waals surface area contributed by atoms with Crippen molar-refractivity contribution < 1.29 is 18.7 Å². The average molecular weight is 390 g/mol. The standard InChI is InChI=1S/C18H18F2N4O2.C2H6/c1-10-3-4-13(12(19)7-10)23-16-11(18(26)21-5-6-25)8-14-17(15(16)20)22-9-24(14)2;1-2/h3-4,7-9,23,25H,5-6H2,1-2H3,(H,21,26);1-2H3. The van der Waals surface area contributed by atoms with Crippen molar-refractivity contribution in [2.45, 2.75) is 20.8 Å². The van der Waals surface area contributed by atoms with Gasteiger partial charge in [-0.3, -0.25) is 4.79 Å². The number of nitrogens with zero attached hydrogens (tertiary/aromatic N) is 2. The average Bonchev–Trinajstić information content (AvgIpc) is 3.06. The fourth-order valence-electron chi connectivity index (χ4n) is 2.65. The first-order chi connectivity index (χ1) is 13.4. The van der Waals surface area contributed by atoms with E-state index in [0.29, 0.717) is 5.52 Å². The number of fused-ring (bicyclic) bond motifs is 1. The van der Waals surface area contributed by atoms with E-state index in [4.69, 9.17) is 5.11 Å². The summed E-state index contributed by atoms with van der Waals surface area (Å²) in [6.45, 7) is 5.50. The number of hydrogen-bond donors (Lipinski definition) is 3. The van der Waals surface area contributed by atoms with Crippen molar-refractivity contribution in [1.29, 1.82) is 0 Å². The first-order valence-corrected chi connectivity index (χ1v) is 8.98. The monoisotopic (exact) mass is 390 g/mol. The number of imidazole rings is 1. The van der Waals surface area contributed by atoms with E-state index in [9.17, 15) is 9.18 Å². The van der Waals surface area contributed by atoms with Crippen LogP contribution in [0.3, 0.4) is 0 Å². The number of aryl methyl sites for hydroxylation is 2. The van der Waals surface area contributed by atoms with Crippen molar-refractivity contribution in [2.75, 3.05) is 18.5 Å². The van der Waals surface area contributed by atoms with Crippen LogP contribution in [0.5, 0.6) is 0 Å². The highest BCUT2D eigenvalue weighted by Gasteiger charge is 2.22. The Morgan fingerprint density at radius 1 is 1.25 bits per heavy atom. The zero-order valence-corrected chi connectivity index (χ0v) is 16.3. The smallest absolute Gasteiger partial charge is 0.253 e. The minimum absolute atomic E-state index is 0.00738. The molecule has 28 heavy (non-hydrogen) atoms. The van der Waals surface area contributed by atoms with Crippen molar-refractivity contribution >= 4 is 28.3 Å². The molecule has 1 heterocycles. The number of aliphatic hydroxyl groups excluding tert-OH is 1. The lowest BCUT2D eigenvalue weighted by atomic mass is 10.1. The molecule has 3 rings (SSSR count). The van der Waals surface area contributed by atoms with E-state index in [1.807, 2.05) is 13.8 Å². The third kappa shape index (κ3) is 4.28. The maximum Gasteiger partial charge on any atom is 0.253 e. The van der Waals surface area contributed by atoms with Crippen LogP contribution in [0.15, 0.2) is 30.6 Å². The molecule has 0 aliphatic carbocycles. The normalized spacial score (nSPS) is 10.4. The Bertz CT molecular complexity index is 986. The van der Waals surface area contributed by atoms with Crippen molar-refractivity contribution in [3.05, 3.63) is 53.4 Å². The molecule has 3 N–H and O–H groups in total. The van der Waals surface area contributed by atoms with E-state index < -0.39 is 17.5 Å². The first kappa shape index (κ1) is 21.3. The molecule has 8 heteroatoms. The molecule has 0 spiro atoms. The molecule has 2 aromatic carbocycles. The fourth-order valence-corrected chi connectivity index (χ4v) is 2.65. The molecule has 6 nitrogen and oxygen atoms in total. The molecule has 0 unspecified atom stereocenters. The van der Waals surface area contributed by atoms with Crippen LogP contribution in [0.25, 0.3) is 11.0 Å². The van der Waals surface area contributed by atoms with E-state index >= 15 is 4.39 Å². The number of nitrogens with one attached hydrogen (secondary N) is 2. The molecular weight excluding hydrogens is 366 g/mol. The van der Waals surface area contributed by atoms with Gasteiger partial charge in [0.1, 0.15) is 11.3 Å². The molecule has 0 atom stereocenters. The first-order valence-electron chi connectivity index (χ1n) is 8.98. The molecule has 0 fully saturated rings. The zero-order valence-electron chi connectivity index (χ0n) is 16.3. The number of rotatable bonds is 5. The van der Waals surface area contributed by atoms with Gasteiger partial charge in [0.05, 0.1) is 35.4 Å². The number of amides is 1. The SMILES string of the molecule is CC.Cc1ccc(Nc2c(C(=O)NCCO)cc3c(ncn3C)c2F)c(F)c1. The van der Waals surface area contributed by atoms with Crippen LogP contribution in [-0.4, -0.2) is 33.7 Å². The van der Waals surface area contributed by atoms with Gasteiger partial charge in [-0.25, -0.2) is 13.8 Å². The van der Waals surface area contributed by atoms with Crippen molar-refractivity contribution in [3.63, 3.8) is 0 Å².